The summed E-state index contributed by atoms with van der Waals surface area (Å²) in [5, 5.41) is 51.6. The largest absolute Gasteiger partial charge is 1.00 e. The first-order chi connectivity index (χ1) is 20.0. The topological polar surface area (TPSA) is 221 Å². The number of methoxy groups -OCH3 is 1. The van der Waals surface area contributed by atoms with E-state index >= 15 is 0 Å². The Kier molecular flexibility index (Phi) is 13.6. The number of nitrogens with zero attached hydrogens (tertiary/aromatic N) is 5. The van der Waals surface area contributed by atoms with Crippen LogP contribution in [0, 0.1) is 0 Å². The first-order valence-corrected chi connectivity index (χ1v) is 13.2. The molecule has 0 saturated heterocycles. The van der Waals surface area contributed by atoms with Crippen LogP contribution in [0.15, 0.2) is 115 Å². The summed E-state index contributed by atoms with van der Waals surface area (Å²) < 4.78 is 36.7. The van der Waals surface area contributed by atoms with Crippen molar-refractivity contribution >= 4 is 56.2 Å². The van der Waals surface area contributed by atoms with E-state index in [0.29, 0.717) is 22.7 Å². The van der Waals surface area contributed by atoms with Crippen molar-refractivity contribution in [2.45, 2.75) is 4.90 Å². The van der Waals surface area contributed by atoms with Gasteiger partial charge in [0.05, 0.1) is 40.7 Å². The first kappa shape index (κ1) is 36.5. The summed E-state index contributed by atoms with van der Waals surface area (Å²) in [4.78, 5) is 14.8. The number of nitrogens with one attached hydrogen (secondary N) is 1. The Morgan fingerprint density at radius 2 is 1.30 bits per heavy atom. The van der Waals surface area contributed by atoms with Gasteiger partial charge in [0.25, 0.3) is 16.1 Å². The van der Waals surface area contributed by atoms with Crippen molar-refractivity contribution in [2.24, 2.45) is 25.4 Å². The molecule has 0 aliphatic heterocycles. The number of carboxylic acid groups (broad SMARTS) is 1. The molecule has 14 nitrogen and oxygen atoms in total. The number of carboxylic acids is 1. The van der Waals surface area contributed by atoms with E-state index in [1.165, 1.54) is 43.5 Å². The zero-order valence-corrected chi connectivity index (χ0v) is 28.4. The minimum Gasteiger partial charge on any atom is -0.872 e. The summed E-state index contributed by atoms with van der Waals surface area (Å²) in [5.41, 5.74) is 1.56. The number of ether oxygens (including phenoxy) is 1. The summed E-state index contributed by atoms with van der Waals surface area (Å²) in [7, 11) is -2.90. The van der Waals surface area contributed by atoms with Crippen molar-refractivity contribution in [1.29, 1.82) is 0 Å². The number of azo groups is 2. The second-order valence-corrected chi connectivity index (χ2v) is 9.72. The Morgan fingerprint density at radius 1 is 0.795 bits per heavy atom. The smallest absolute Gasteiger partial charge is 0.872 e. The Morgan fingerprint density at radius 3 is 1.84 bits per heavy atom. The molecule has 0 fully saturated rings. The maximum atomic E-state index is 11.5. The van der Waals surface area contributed by atoms with E-state index < -0.39 is 33.4 Å². The van der Waals surface area contributed by atoms with E-state index in [9.17, 15) is 28.5 Å². The van der Waals surface area contributed by atoms with Gasteiger partial charge in [0.1, 0.15) is 11.4 Å². The van der Waals surface area contributed by atoms with Gasteiger partial charge in [-0.2, -0.15) is 33.9 Å². The Labute approximate surface area is 295 Å². The number of aliphatic imine (C=N–C) groups is 1. The number of rotatable bonds is 9. The molecule has 4 aromatic carbocycles. The number of hydrogen-bond donors (Lipinski definition) is 3. The monoisotopic (exact) mass is 634 g/mol. The summed E-state index contributed by atoms with van der Waals surface area (Å²) >= 11 is 0. The van der Waals surface area contributed by atoms with Gasteiger partial charge in [-0.1, -0.05) is 11.8 Å². The number of carbonyl (C=O) groups excluding carboxylic acids is 1. The third-order valence-electron chi connectivity index (χ3n) is 5.39. The van der Waals surface area contributed by atoms with Crippen molar-refractivity contribution in [1.82, 2.24) is 0 Å². The fourth-order valence-electron chi connectivity index (χ4n) is 3.36. The Hall–Kier alpha value is -3.67. The van der Waals surface area contributed by atoms with Crippen molar-refractivity contribution in [3.63, 3.8) is 0 Å². The van der Waals surface area contributed by atoms with Crippen molar-refractivity contribution in [2.75, 3.05) is 12.4 Å². The summed E-state index contributed by atoms with van der Waals surface area (Å²) in [6.45, 7) is 0. The van der Waals surface area contributed by atoms with Crippen LogP contribution in [0.25, 0.3) is 0 Å². The maximum absolute atomic E-state index is 11.5. The van der Waals surface area contributed by atoms with E-state index in [0.717, 1.165) is 12.1 Å². The van der Waals surface area contributed by atoms with Gasteiger partial charge >= 0.3 is 59.1 Å². The summed E-state index contributed by atoms with van der Waals surface area (Å²) in [6, 6.07) is 19.2. The molecule has 0 unspecified atom stereocenters. The van der Waals surface area contributed by atoms with Gasteiger partial charge < -0.3 is 30.2 Å². The molecule has 214 valence electrons. The van der Waals surface area contributed by atoms with Gasteiger partial charge in [-0.3, -0.25) is 4.55 Å². The van der Waals surface area contributed by atoms with Crippen LogP contribution in [0.1, 0.15) is 10.4 Å². The predicted octanol–water partition coefficient (Wildman–Crippen LogP) is -1.12. The molecule has 0 atom stereocenters. The summed E-state index contributed by atoms with van der Waals surface area (Å²) in [5.74, 6) is -2.00. The molecule has 0 aliphatic carbocycles. The average Bonchev–Trinajstić information content (AvgIpc) is 2.96. The summed E-state index contributed by atoms with van der Waals surface area (Å²) in [6.07, 6.45) is 0. The molecule has 0 heterocycles. The minimum atomic E-state index is -4.31. The number of amidine groups is 1. The van der Waals surface area contributed by atoms with Crippen LogP contribution in [0.4, 0.5) is 34.1 Å². The number of hydrogen-bond acceptors (Lipinski definition) is 11. The van der Waals surface area contributed by atoms with E-state index in [1.807, 2.05) is 0 Å². The Bertz CT molecular complexity index is 1820. The molecule has 0 radical (unpaired) electrons. The quantitative estimate of drug-likeness (QED) is 0.0666. The van der Waals surface area contributed by atoms with Crippen LogP contribution in [-0.4, -0.2) is 37.2 Å². The molecule has 0 bridgehead atoms. The standard InChI is InChI=1S/C27H22N6O8S.2Na/c1-41-25-15-20(33-31-18-6-10-21(11-7-18)42(38,39)40)8-12-23(25)29-27(37)28-16-2-4-17(5-3-16)30-32-19-9-13-24(34)22(14-19)26(35)36;;/h2-15,34H,1H3,(H,35,36)(H2,28,29,37)(H,38,39,40);;/q;2*+1/p-2. The van der Waals surface area contributed by atoms with E-state index in [-0.39, 0.29) is 81.1 Å². The second kappa shape index (κ2) is 16.4. The minimum absolute atomic E-state index is 0. The molecule has 0 spiro atoms. The fraction of sp³-hybridized carbons (Fsp3) is 0.0370. The van der Waals surface area contributed by atoms with Crippen molar-refractivity contribution < 1.29 is 96.9 Å². The number of benzene rings is 4. The molecule has 0 saturated carbocycles. The molecule has 0 aromatic heterocycles. The fourth-order valence-corrected chi connectivity index (χ4v) is 3.84. The van der Waals surface area contributed by atoms with E-state index in [4.69, 9.17) is 9.29 Å². The Balaban J connectivity index is 0.00000337. The molecule has 4 aromatic rings. The second-order valence-electron chi connectivity index (χ2n) is 8.30. The molecule has 0 amide bonds. The van der Waals surface area contributed by atoms with E-state index in [1.54, 1.807) is 36.4 Å². The third-order valence-corrected chi connectivity index (χ3v) is 6.26. The van der Waals surface area contributed by atoms with Gasteiger partial charge in [0.2, 0.25) is 0 Å². The average molecular weight is 635 g/mol. The van der Waals surface area contributed by atoms with Crippen LogP contribution >= 0.6 is 0 Å². The maximum Gasteiger partial charge on any atom is 1.00 e. The van der Waals surface area contributed by atoms with Gasteiger partial charge in [-0.05, 0) is 78.4 Å². The number of carbonyl (C=O) groups is 1. The van der Waals surface area contributed by atoms with Crippen LogP contribution in [0.2, 0.25) is 0 Å². The molecule has 17 heteroatoms. The zero-order valence-electron chi connectivity index (χ0n) is 23.6. The number of anilines is 1. The third kappa shape index (κ3) is 10.2. The molecule has 3 N–H and O–H groups in total. The number of aromatic carboxylic acids is 1. The van der Waals surface area contributed by atoms with Gasteiger partial charge in [-0.15, -0.1) is 0 Å². The van der Waals surface area contributed by atoms with Crippen LogP contribution in [-0.2, 0) is 10.1 Å². The predicted molar refractivity (Wildman–Crippen MR) is 148 cm³/mol. The molecule has 0 aliphatic rings. The first-order valence-electron chi connectivity index (χ1n) is 11.8. The molecular weight excluding hydrogens is 614 g/mol. The zero-order chi connectivity index (χ0) is 30.3. The number of aliphatic hydroxyl groups is 1. The van der Waals surface area contributed by atoms with Gasteiger partial charge in [0, 0.05) is 11.8 Å². The molecular formula is C27H20N6Na2O8S. The van der Waals surface area contributed by atoms with E-state index in [2.05, 4.69) is 30.8 Å². The van der Waals surface area contributed by atoms with Crippen molar-refractivity contribution in [3.8, 4) is 11.5 Å². The van der Waals surface area contributed by atoms with Crippen LogP contribution < -0.4 is 79.4 Å². The number of aliphatic hydroxyl groups excluding tert-OH is 1. The normalized spacial score (nSPS) is 11.5. The molecule has 44 heavy (non-hydrogen) atoms. The molecule has 4 rings (SSSR count). The van der Waals surface area contributed by atoms with Gasteiger partial charge in [0.15, 0.2) is 0 Å². The van der Waals surface area contributed by atoms with Gasteiger partial charge in [-0.25, -0.2) is 0 Å². The van der Waals surface area contributed by atoms with Crippen LogP contribution in [0.5, 0.6) is 11.5 Å². The van der Waals surface area contributed by atoms with Crippen molar-refractivity contribution in [3.05, 3.63) is 90.5 Å². The SMILES string of the molecule is COc1cc(N=Nc2ccc(S(=O)(=O)O)cc2)ccc1N=C(O)Nc1ccc(N=Nc2ccc([O-])c(C(=O)[O-])c2)cc1.[Na+].[Na+]. The van der Waals surface area contributed by atoms with Crippen LogP contribution in [0.3, 0.4) is 0 Å².